The number of hydrogen-bond acceptors (Lipinski definition) is 4. The number of nitrogens with zero attached hydrogens (tertiary/aromatic N) is 1. The Kier molecular flexibility index (Phi) is 5.86. The van der Waals surface area contributed by atoms with Crippen molar-refractivity contribution < 1.29 is 23.8 Å². The van der Waals surface area contributed by atoms with E-state index in [1.165, 1.54) is 11.1 Å². The van der Waals surface area contributed by atoms with Gasteiger partial charge in [0, 0.05) is 39.8 Å². The molecule has 1 unspecified atom stereocenters. The molecule has 148 valence electrons. The van der Waals surface area contributed by atoms with Gasteiger partial charge in [0.15, 0.2) is 0 Å². The molecule has 2 atom stereocenters. The normalized spacial score (nSPS) is 22.4. The number of fused-ring (bicyclic) bond motifs is 1. The van der Waals surface area contributed by atoms with Gasteiger partial charge in [-0.3, -0.25) is 4.90 Å². The van der Waals surface area contributed by atoms with E-state index in [-0.39, 0.29) is 19.2 Å². The second-order valence-electron chi connectivity index (χ2n) is 7.81. The summed E-state index contributed by atoms with van der Waals surface area (Å²) < 4.78 is 25.0. The van der Waals surface area contributed by atoms with Gasteiger partial charge in [0.25, 0.3) is 0 Å². The summed E-state index contributed by atoms with van der Waals surface area (Å²) in [5.74, 6) is -0.159. The van der Waals surface area contributed by atoms with Crippen LogP contribution in [0.25, 0.3) is 6.08 Å². The molecule has 0 bridgehead atoms. The lowest BCUT2D eigenvalue weighted by Crippen LogP contribution is -2.63. The summed E-state index contributed by atoms with van der Waals surface area (Å²) in [5, 5.41) is 8.90. The van der Waals surface area contributed by atoms with Gasteiger partial charge in [-0.05, 0) is 42.5 Å². The summed E-state index contributed by atoms with van der Waals surface area (Å²) in [6, 6.07) is 6.14. The number of carboxylic acid groups (broad SMARTS) is 1. The predicted molar refractivity (Wildman–Crippen MR) is 102 cm³/mol. The minimum atomic E-state index is -2.08. The van der Waals surface area contributed by atoms with Crippen molar-refractivity contribution in [3.8, 4) is 5.75 Å². The van der Waals surface area contributed by atoms with Gasteiger partial charge in [0.1, 0.15) is 5.75 Å². The number of aliphatic carboxylic acids is 1. The van der Waals surface area contributed by atoms with Gasteiger partial charge in [-0.2, -0.15) is 0 Å². The van der Waals surface area contributed by atoms with Crippen LogP contribution in [0.2, 0.25) is 0 Å². The maximum Gasteiger partial charge on any atom is 0.344 e. The van der Waals surface area contributed by atoms with Crippen molar-refractivity contribution in [1.82, 2.24) is 4.90 Å². The summed E-state index contributed by atoms with van der Waals surface area (Å²) in [6.45, 7) is 5.41. The first-order chi connectivity index (χ1) is 12.8. The van der Waals surface area contributed by atoms with E-state index in [1.54, 1.807) is 7.11 Å². The first-order valence-corrected chi connectivity index (χ1v) is 9.44. The molecule has 3 rings (SSSR count). The number of likely N-dealkylation sites (tertiary alicyclic amines) is 1. The standard InChI is InChI=1S/C21H28FNO4/c1-14-8-17-10-19(27-15(2)6-7-26-3)5-4-16(17)9-18(14)11-23-12-21(22,13-23)20(24)25/h4-5,9-10,14-15H,6-8,11-13H2,1-3H3,(H,24,25)/t14-,15?/m0/s1. The highest BCUT2D eigenvalue weighted by Gasteiger charge is 2.50. The molecule has 2 aliphatic rings. The zero-order valence-corrected chi connectivity index (χ0v) is 16.2. The average molecular weight is 377 g/mol. The summed E-state index contributed by atoms with van der Waals surface area (Å²) in [7, 11) is 1.69. The lowest BCUT2D eigenvalue weighted by atomic mass is 9.83. The molecular weight excluding hydrogens is 349 g/mol. The Labute approximate surface area is 159 Å². The first kappa shape index (κ1) is 19.8. The minimum absolute atomic E-state index is 0.0363. The molecule has 1 heterocycles. The van der Waals surface area contributed by atoms with Crippen LogP contribution in [0.5, 0.6) is 5.75 Å². The maximum absolute atomic E-state index is 13.9. The monoisotopic (exact) mass is 377 g/mol. The van der Waals surface area contributed by atoms with Crippen LogP contribution in [0, 0.1) is 5.92 Å². The van der Waals surface area contributed by atoms with Crippen LogP contribution in [0.1, 0.15) is 31.4 Å². The van der Waals surface area contributed by atoms with Gasteiger partial charge in [0.05, 0.1) is 6.10 Å². The van der Waals surface area contributed by atoms with E-state index in [1.807, 2.05) is 17.9 Å². The molecule has 1 aliphatic heterocycles. The summed E-state index contributed by atoms with van der Waals surface area (Å²) in [5.41, 5.74) is 1.54. The highest BCUT2D eigenvalue weighted by atomic mass is 19.1. The van der Waals surface area contributed by atoms with Gasteiger partial charge in [-0.15, -0.1) is 0 Å². The van der Waals surface area contributed by atoms with Crippen LogP contribution in [-0.4, -0.2) is 61.1 Å². The predicted octanol–water partition coefficient (Wildman–Crippen LogP) is 3.17. The van der Waals surface area contributed by atoms with Gasteiger partial charge < -0.3 is 14.6 Å². The zero-order chi connectivity index (χ0) is 19.6. The van der Waals surface area contributed by atoms with Crippen LogP contribution in [0.4, 0.5) is 4.39 Å². The fourth-order valence-electron chi connectivity index (χ4n) is 3.72. The van der Waals surface area contributed by atoms with Crippen molar-refractivity contribution >= 4 is 12.0 Å². The highest BCUT2D eigenvalue weighted by molar-refractivity contribution is 5.79. The van der Waals surface area contributed by atoms with Gasteiger partial charge >= 0.3 is 5.97 Å². The third-order valence-corrected chi connectivity index (χ3v) is 5.42. The zero-order valence-electron chi connectivity index (χ0n) is 16.2. The molecule has 1 fully saturated rings. The number of hydrogen-bond donors (Lipinski definition) is 1. The maximum atomic E-state index is 13.9. The number of carboxylic acids is 1. The topological polar surface area (TPSA) is 59.0 Å². The molecular formula is C21H28FNO4. The minimum Gasteiger partial charge on any atom is -0.491 e. The Balaban J connectivity index is 1.64. The molecule has 0 radical (unpaired) electrons. The van der Waals surface area contributed by atoms with Crippen LogP contribution >= 0.6 is 0 Å². The van der Waals surface area contributed by atoms with Crippen molar-refractivity contribution in [1.29, 1.82) is 0 Å². The first-order valence-electron chi connectivity index (χ1n) is 9.44. The van der Waals surface area contributed by atoms with E-state index < -0.39 is 11.6 Å². The Bertz CT molecular complexity index is 727. The van der Waals surface area contributed by atoms with Crippen molar-refractivity contribution in [2.45, 2.75) is 38.5 Å². The summed E-state index contributed by atoms with van der Waals surface area (Å²) in [6.07, 6.45) is 3.99. The molecule has 6 heteroatoms. The van der Waals surface area contributed by atoms with Crippen molar-refractivity contribution in [2.24, 2.45) is 5.92 Å². The smallest absolute Gasteiger partial charge is 0.344 e. The fraction of sp³-hybridized carbons (Fsp3) is 0.571. The third-order valence-electron chi connectivity index (χ3n) is 5.42. The Morgan fingerprint density at radius 1 is 1.44 bits per heavy atom. The van der Waals surface area contributed by atoms with Crippen LogP contribution < -0.4 is 4.74 Å². The van der Waals surface area contributed by atoms with Crippen molar-refractivity contribution in [2.75, 3.05) is 33.4 Å². The summed E-state index contributed by atoms with van der Waals surface area (Å²) >= 11 is 0. The van der Waals surface area contributed by atoms with Gasteiger partial charge in [-0.25, -0.2) is 9.18 Å². The molecule has 1 aliphatic carbocycles. The third kappa shape index (κ3) is 4.50. The molecule has 0 saturated carbocycles. The van der Waals surface area contributed by atoms with Gasteiger partial charge in [0.2, 0.25) is 5.67 Å². The Hall–Kier alpha value is -1.92. The van der Waals surface area contributed by atoms with Crippen molar-refractivity contribution in [3.05, 3.63) is 34.9 Å². The van der Waals surface area contributed by atoms with E-state index in [2.05, 4.69) is 25.1 Å². The summed E-state index contributed by atoms with van der Waals surface area (Å²) in [4.78, 5) is 12.8. The number of carbonyl (C=O) groups is 1. The number of methoxy groups -OCH3 is 1. The molecule has 1 aromatic rings. The molecule has 1 aromatic carbocycles. The van der Waals surface area contributed by atoms with E-state index in [9.17, 15) is 9.18 Å². The molecule has 0 aromatic heterocycles. The SMILES string of the molecule is COCCC(C)Oc1ccc2c(c1)C[C@H](C)C(CN1CC(F)(C(=O)O)C1)=C2. The second kappa shape index (κ2) is 7.98. The lowest BCUT2D eigenvalue weighted by Gasteiger charge is -2.42. The van der Waals surface area contributed by atoms with E-state index in [0.29, 0.717) is 19.1 Å². The van der Waals surface area contributed by atoms with Crippen molar-refractivity contribution in [3.63, 3.8) is 0 Å². The van der Waals surface area contributed by atoms with Crippen LogP contribution in [0.15, 0.2) is 23.8 Å². The molecule has 0 spiro atoms. The van der Waals surface area contributed by atoms with E-state index in [4.69, 9.17) is 14.6 Å². The van der Waals surface area contributed by atoms with E-state index >= 15 is 0 Å². The largest absolute Gasteiger partial charge is 0.491 e. The fourth-order valence-corrected chi connectivity index (χ4v) is 3.72. The second-order valence-corrected chi connectivity index (χ2v) is 7.81. The number of halogens is 1. The number of ether oxygens (including phenoxy) is 2. The number of benzene rings is 1. The quantitative estimate of drug-likeness (QED) is 0.754. The molecule has 1 N–H and O–H groups in total. The van der Waals surface area contributed by atoms with Crippen LogP contribution in [-0.2, 0) is 16.0 Å². The van der Waals surface area contributed by atoms with Gasteiger partial charge in [-0.1, -0.05) is 24.6 Å². The number of rotatable bonds is 8. The number of alkyl halides is 1. The van der Waals surface area contributed by atoms with Crippen LogP contribution in [0.3, 0.4) is 0 Å². The Morgan fingerprint density at radius 2 is 2.19 bits per heavy atom. The Morgan fingerprint density at radius 3 is 2.85 bits per heavy atom. The lowest BCUT2D eigenvalue weighted by molar-refractivity contribution is -0.163. The molecule has 27 heavy (non-hydrogen) atoms. The van der Waals surface area contributed by atoms with E-state index in [0.717, 1.165) is 24.2 Å². The highest BCUT2D eigenvalue weighted by Crippen LogP contribution is 2.34. The molecule has 5 nitrogen and oxygen atoms in total. The molecule has 0 amide bonds. The molecule has 1 saturated heterocycles. The average Bonchev–Trinajstić information content (AvgIpc) is 2.59.